The summed E-state index contributed by atoms with van der Waals surface area (Å²) in [7, 11) is 0. The van der Waals surface area contributed by atoms with Crippen LogP contribution in [0.4, 0.5) is 14.6 Å². The molecule has 2 aromatic carbocycles. The third kappa shape index (κ3) is 6.98. The van der Waals surface area contributed by atoms with E-state index in [1.165, 1.54) is 12.1 Å². The van der Waals surface area contributed by atoms with Crippen LogP contribution in [0.3, 0.4) is 0 Å². The number of nitrogens with zero attached hydrogens (tertiary/aromatic N) is 3. The molecule has 0 unspecified atom stereocenters. The number of fused-ring (bicyclic) bond motifs is 1. The Labute approximate surface area is 271 Å². The average molecular weight is 691 g/mol. The molecular formula is C33H26BrF2N5O5. The van der Waals surface area contributed by atoms with Crippen molar-refractivity contribution in [2.24, 2.45) is 0 Å². The summed E-state index contributed by atoms with van der Waals surface area (Å²) in [6, 6.07) is 15.0. The largest absolute Gasteiger partial charge is 0.586 e. The van der Waals surface area contributed by atoms with Gasteiger partial charge < -0.3 is 24.8 Å². The fourth-order valence-corrected chi connectivity index (χ4v) is 5.12. The first kappa shape index (κ1) is 31.1. The van der Waals surface area contributed by atoms with E-state index in [0.29, 0.717) is 51.3 Å². The Bertz CT molecular complexity index is 1870. The van der Waals surface area contributed by atoms with Crippen LogP contribution < -0.4 is 20.1 Å². The lowest BCUT2D eigenvalue weighted by Gasteiger charge is -2.17. The summed E-state index contributed by atoms with van der Waals surface area (Å²) < 4.78 is 42.1. The fraction of sp³-hybridized carbons (Fsp3) is 0.242. The number of anilines is 1. The molecule has 1 aliphatic carbocycles. The quantitative estimate of drug-likeness (QED) is 0.177. The number of carbonyl (C=O) groups excluding carboxylic acids is 2. The van der Waals surface area contributed by atoms with Crippen LogP contribution in [0.25, 0.3) is 11.3 Å². The van der Waals surface area contributed by atoms with E-state index in [1.54, 1.807) is 42.7 Å². The standard InChI is InChI=1S/C33H26BrF2N5O5/c1-20-7-10-28(41-31(43)32(11-12-32)23-8-9-25-26(17-23)46-33(35,36)45-25)40-29(20)21-4-2-5-22(16-21)30(42)37-13-15-44-14-3-6-24-18-39-27(34)19-38-24/h2,4-5,7-10,16-19H,11-15H2,1H3,(H,37,42)(H,40,41,43). The second-order valence-corrected chi connectivity index (χ2v) is 11.5. The molecule has 0 saturated heterocycles. The van der Waals surface area contributed by atoms with E-state index < -0.39 is 11.7 Å². The van der Waals surface area contributed by atoms with Crippen LogP contribution in [-0.2, 0) is 14.9 Å². The topological polar surface area (TPSA) is 125 Å². The fourth-order valence-electron chi connectivity index (χ4n) is 4.92. The van der Waals surface area contributed by atoms with Crippen LogP contribution in [0.2, 0.25) is 0 Å². The highest BCUT2D eigenvalue weighted by Gasteiger charge is 2.53. The van der Waals surface area contributed by atoms with Gasteiger partial charge in [-0.1, -0.05) is 30.2 Å². The van der Waals surface area contributed by atoms with Gasteiger partial charge in [-0.2, -0.15) is 0 Å². The summed E-state index contributed by atoms with van der Waals surface area (Å²) in [6.45, 7) is 2.62. The van der Waals surface area contributed by atoms with Crippen molar-refractivity contribution >= 4 is 33.6 Å². The van der Waals surface area contributed by atoms with E-state index in [1.807, 2.05) is 19.1 Å². The van der Waals surface area contributed by atoms with Gasteiger partial charge in [0.15, 0.2) is 11.5 Å². The molecule has 0 bridgehead atoms. The number of rotatable bonds is 9. The SMILES string of the molecule is Cc1ccc(NC(=O)C2(c3ccc4c(c3)OC(F)(F)O4)CC2)nc1-c1cccc(C(=O)NCCOCC#Cc2cnc(Br)cn2)c1. The minimum atomic E-state index is -3.73. The number of hydrogen-bond donors (Lipinski definition) is 2. The van der Waals surface area contributed by atoms with Gasteiger partial charge in [-0.25, -0.2) is 15.0 Å². The lowest BCUT2D eigenvalue weighted by atomic mass is 9.94. The van der Waals surface area contributed by atoms with Crippen molar-refractivity contribution in [3.05, 3.63) is 94.0 Å². The molecule has 0 atom stereocenters. The summed E-state index contributed by atoms with van der Waals surface area (Å²) in [4.78, 5) is 39.1. The third-order valence-electron chi connectivity index (χ3n) is 7.42. The lowest BCUT2D eigenvalue weighted by Crippen LogP contribution is -2.28. The van der Waals surface area contributed by atoms with E-state index >= 15 is 0 Å². The molecule has 0 spiro atoms. The molecule has 0 radical (unpaired) electrons. The number of ether oxygens (including phenoxy) is 3. The summed E-state index contributed by atoms with van der Waals surface area (Å²) in [6.07, 6.45) is 0.470. The van der Waals surface area contributed by atoms with Gasteiger partial charge >= 0.3 is 6.29 Å². The molecular weight excluding hydrogens is 664 g/mol. The highest BCUT2D eigenvalue weighted by molar-refractivity contribution is 9.10. The Hall–Kier alpha value is -4.93. The van der Waals surface area contributed by atoms with E-state index in [-0.39, 0.29) is 43.1 Å². The second-order valence-electron chi connectivity index (χ2n) is 10.6. The summed E-state index contributed by atoms with van der Waals surface area (Å²) in [5.74, 6) is 5.26. The molecule has 1 aliphatic heterocycles. The number of nitrogens with one attached hydrogen (secondary N) is 2. The monoisotopic (exact) mass is 689 g/mol. The third-order valence-corrected chi connectivity index (χ3v) is 7.83. The molecule has 6 rings (SSSR count). The molecule has 13 heteroatoms. The zero-order valence-corrected chi connectivity index (χ0v) is 26.0. The van der Waals surface area contributed by atoms with Crippen LogP contribution in [0.5, 0.6) is 11.5 Å². The highest BCUT2D eigenvalue weighted by Crippen LogP contribution is 2.52. The first-order valence-corrected chi connectivity index (χ1v) is 15.0. The van der Waals surface area contributed by atoms with Crippen molar-refractivity contribution in [3.63, 3.8) is 0 Å². The van der Waals surface area contributed by atoms with Crippen LogP contribution in [0.1, 0.15) is 40.0 Å². The minimum Gasteiger partial charge on any atom is -0.395 e. The van der Waals surface area contributed by atoms with E-state index in [2.05, 4.69) is 62.8 Å². The van der Waals surface area contributed by atoms with Gasteiger partial charge in [0.1, 0.15) is 22.7 Å². The van der Waals surface area contributed by atoms with Crippen LogP contribution in [0.15, 0.2) is 71.6 Å². The molecule has 2 aliphatic rings. The molecule has 2 N–H and O–H groups in total. The van der Waals surface area contributed by atoms with Gasteiger partial charge in [0.25, 0.3) is 5.91 Å². The number of hydrogen-bond acceptors (Lipinski definition) is 8. The molecule has 1 saturated carbocycles. The van der Waals surface area contributed by atoms with Gasteiger partial charge in [0.05, 0.1) is 30.1 Å². The summed E-state index contributed by atoms with van der Waals surface area (Å²) >= 11 is 3.22. The van der Waals surface area contributed by atoms with Crippen LogP contribution in [-0.4, -0.2) is 52.8 Å². The Morgan fingerprint density at radius 2 is 1.87 bits per heavy atom. The van der Waals surface area contributed by atoms with E-state index in [4.69, 9.17) is 4.74 Å². The maximum atomic E-state index is 13.5. The number of aromatic nitrogens is 3. The molecule has 46 heavy (non-hydrogen) atoms. The Balaban J connectivity index is 1.06. The normalized spacial score (nSPS) is 15.0. The molecule has 3 heterocycles. The number of amides is 2. The number of pyridine rings is 1. The Kier molecular flexibility index (Phi) is 8.66. The smallest absolute Gasteiger partial charge is 0.395 e. The number of alkyl halides is 2. The minimum absolute atomic E-state index is 0.0756. The molecule has 10 nitrogen and oxygen atoms in total. The van der Waals surface area contributed by atoms with E-state index in [9.17, 15) is 18.4 Å². The molecule has 4 aromatic rings. The number of carbonyl (C=O) groups is 2. The van der Waals surface area contributed by atoms with Gasteiger partial charge in [-0.05, 0) is 83.1 Å². The lowest BCUT2D eigenvalue weighted by molar-refractivity contribution is -0.286. The zero-order valence-electron chi connectivity index (χ0n) is 24.4. The van der Waals surface area contributed by atoms with Crippen molar-refractivity contribution < 1.29 is 32.6 Å². The molecule has 2 aromatic heterocycles. The predicted octanol–water partition coefficient (Wildman–Crippen LogP) is 5.40. The van der Waals surface area contributed by atoms with Crippen molar-refractivity contribution in [1.82, 2.24) is 20.3 Å². The second kappa shape index (κ2) is 12.8. The van der Waals surface area contributed by atoms with Gasteiger partial charge in [0.2, 0.25) is 5.91 Å². The van der Waals surface area contributed by atoms with Crippen LogP contribution >= 0.6 is 15.9 Å². The van der Waals surface area contributed by atoms with Gasteiger partial charge in [-0.3, -0.25) is 9.59 Å². The maximum absolute atomic E-state index is 13.5. The van der Waals surface area contributed by atoms with Gasteiger partial charge in [0, 0.05) is 17.7 Å². The Morgan fingerprint density at radius 1 is 1.04 bits per heavy atom. The van der Waals surface area contributed by atoms with Crippen LogP contribution in [0, 0.1) is 18.8 Å². The number of aryl methyl sites for hydroxylation is 1. The van der Waals surface area contributed by atoms with Gasteiger partial charge in [-0.15, -0.1) is 8.78 Å². The van der Waals surface area contributed by atoms with Crippen molar-refractivity contribution in [1.29, 1.82) is 0 Å². The average Bonchev–Trinajstić information content (AvgIpc) is 3.79. The maximum Gasteiger partial charge on any atom is 0.586 e. The zero-order chi connectivity index (χ0) is 32.3. The van der Waals surface area contributed by atoms with Crippen molar-refractivity contribution in [2.45, 2.75) is 31.5 Å². The summed E-state index contributed by atoms with van der Waals surface area (Å²) in [5.41, 5.74) is 2.78. The first-order chi connectivity index (χ1) is 22.1. The first-order valence-electron chi connectivity index (χ1n) is 14.2. The molecule has 234 valence electrons. The summed E-state index contributed by atoms with van der Waals surface area (Å²) in [5, 5.41) is 5.71. The Morgan fingerprint density at radius 3 is 2.65 bits per heavy atom. The highest BCUT2D eigenvalue weighted by atomic mass is 79.9. The molecule has 1 fully saturated rings. The van der Waals surface area contributed by atoms with Crippen molar-refractivity contribution in [3.8, 4) is 34.6 Å². The number of halogens is 3. The van der Waals surface area contributed by atoms with Crippen molar-refractivity contribution in [2.75, 3.05) is 25.1 Å². The van der Waals surface area contributed by atoms with E-state index in [0.717, 1.165) is 5.56 Å². The molecule has 2 amide bonds. The predicted molar refractivity (Wildman–Crippen MR) is 166 cm³/mol. The number of benzene rings is 2.